The minimum absolute atomic E-state index is 0.411. The summed E-state index contributed by atoms with van der Waals surface area (Å²) in [5.41, 5.74) is 1.38. The van der Waals surface area contributed by atoms with Gasteiger partial charge in [-0.15, -0.1) is 0 Å². The summed E-state index contributed by atoms with van der Waals surface area (Å²) in [5, 5.41) is 3.65. The van der Waals surface area contributed by atoms with Gasteiger partial charge in [0.05, 0.1) is 6.26 Å². The van der Waals surface area contributed by atoms with Crippen LogP contribution in [0.2, 0.25) is 0 Å². The number of furan rings is 1. The normalized spacial score (nSPS) is 14.2. The Balaban J connectivity index is 2.08. The van der Waals surface area contributed by atoms with Crippen molar-refractivity contribution in [1.29, 1.82) is 0 Å². The molecule has 102 valence electrons. The average Bonchev–Trinajstić information content (AvgIpc) is 2.96. The molecule has 1 N–H and O–H groups in total. The molecule has 1 aromatic heterocycles. The molecule has 0 aliphatic heterocycles. The zero-order chi connectivity index (χ0) is 13.5. The molecule has 0 amide bonds. The van der Waals surface area contributed by atoms with E-state index in [9.17, 15) is 0 Å². The number of hydrogen-bond acceptors (Lipinski definition) is 2. The van der Waals surface area contributed by atoms with Gasteiger partial charge in [0.2, 0.25) is 0 Å². The van der Waals surface area contributed by atoms with Crippen LogP contribution in [0.5, 0.6) is 0 Å². The van der Waals surface area contributed by atoms with E-state index in [4.69, 9.17) is 4.42 Å². The molecule has 1 aromatic carbocycles. The predicted octanol–water partition coefficient (Wildman–Crippen LogP) is 3.99. The third-order valence-electron chi connectivity index (χ3n) is 3.59. The second-order valence-corrected chi connectivity index (χ2v) is 5.04. The van der Waals surface area contributed by atoms with Gasteiger partial charge < -0.3 is 9.73 Å². The summed E-state index contributed by atoms with van der Waals surface area (Å²) in [5.74, 6) is 1.52. The third kappa shape index (κ3) is 3.97. The molecule has 2 unspecified atom stereocenters. The molecular formula is C17H23NO. The lowest BCUT2D eigenvalue weighted by molar-refractivity contribution is 0.404. The lowest BCUT2D eigenvalue weighted by Gasteiger charge is -2.25. The molecule has 0 fully saturated rings. The molecule has 2 nitrogen and oxygen atoms in total. The molecule has 2 aromatic rings. The van der Waals surface area contributed by atoms with Crippen LogP contribution in [0.4, 0.5) is 0 Å². The van der Waals surface area contributed by atoms with E-state index in [0.29, 0.717) is 12.0 Å². The Morgan fingerprint density at radius 2 is 1.89 bits per heavy atom. The fourth-order valence-electron chi connectivity index (χ4n) is 2.39. The van der Waals surface area contributed by atoms with E-state index < -0.39 is 0 Å². The van der Waals surface area contributed by atoms with E-state index in [2.05, 4.69) is 55.6 Å². The zero-order valence-electron chi connectivity index (χ0n) is 11.8. The summed E-state index contributed by atoms with van der Waals surface area (Å²) in [7, 11) is 0. The van der Waals surface area contributed by atoms with Gasteiger partial charge in [0, 0.05) is 12.5 Å². The Hall–Kier alpha value is -1.54. The third-order valence-corrected chi connectivity index (χ3v) is 3.59. The van der Waals surface area contributed by atoms with Crippen LogP contribution in [0.15, 0.2) is 53.1 Å². The molecule has 0 radical (unpaired) electrons. The summed E-state index contributed by atoms with van der Waals surface area (Å²) in [4.78, 5) is 0. The average molecular weight is 257 g/mol. The number of benzene rings is 1. The van der Waals surface area contributed by atoms with Gasteiger partial charge in [-0.2, -0.15) is 0 Å². The molecule has 2 atom stereocenters. The molecule has 0 spiro atoms. The van der Waals surface area contributed by atoms with E-state index in [1.165, 1.54) is 5.56 Å². The second kappa shape index (κ2) is 7.15. The Morgan fingerprint density at radius 3 is 2.53 bits per heavy atom. The fraction of sp³-hybridized carbons (Fsp3) is 0.412. The molecular weight excluding hydrogens is 234 g/mol. The highest BCUT2D eigenvalue weighted by molar-refractivity contribution is 5.21. The monoisotopic (exact) mass is 257 g/mol. The number of rotatable bonds is 7. The van der Waals surface area contributed by atoms with Crippen molar-refractivity contribution in [1.82, 2.24) is 5.32 Å². The summed E-state index contributed by atoms with van der Waals surface area (Å²) >= 11 is 0. The van der Waals surface area contributed by atoms with Gasteiger partial charge in [0.25, 0.3) is 0 Å². The predicted molar refractivity (Wildman–Crippen MR) is 79.4 cm³/mol. The molecule has 0 saturated heterocycles. The van der Waals surface area contributed by atoms with Crippen molar-refractivity contribution in [2.75, 3.05) is 6.54 Å². The minimum Gasteiger partial charge on any atom is -0.469 e. The maximum atomic E-state index is 5.49. The van der Waals surface area contributed by atoms with E-state index in [-0.39, 0.29) is 0 Å². The van der Waals surface area contributed by atoms with Gasteiger partial charge in [-0.25, -0.2) is 0 Å². The van der Waals surface area contributed by atoms with Gasteiger partial charge in [-0.1, -0.05) is 44.2 Å². The first-order valence-corrected chi connectivity index (χ1v) is 7.12. The Kier molecular flexibility index (Phi) is 5.22. The van der Waals surface area contributed by atoms with Crippen molar-refractivity contribution < 1.29 is 4.42 Å². The topological polar surface area (TPSA) is 25.2 Å². The quantitative estimate of drug-likeness (QED) is 0.811. The summed E-state index contributed by atoms with van der Waals surface area (Å²) in [6.45, 7) is 5.53. The molecule has 2 heteroatoms. The Bertz CT molecular complexity index is 449. The molecule has 19 heavy (non-hydrogen) atoms. The first kappa shape index (κ1) is 13.9. The number of nitrogens with one attached hydrogen (secondary N) is 1. The summed E-state index contributed by atoms with van der Waals surface area (Å²) in [6.07, 6.45) is 3.83. The summed E-state index contributed by atoms with van der Waals surface area (Å²) < 4.78 is 5.49. The smallest absolute Gasteiger partial charge is 0.105 e. The van der Waals surface area contributed by atoms with Crippen molar-refractivity contribution in [3.05, 3.63) is 60.1 Å². The van der Waals surface area contributed by atoms with Gasteiger partial charge in [0.1, 0.15) is 5.76 Å². The number of hydrogen-bond donors (Lipinski definition) is 1. The van der Waals surface area contributed by atoms with Crippen LogP contribution in [-0.2, 0) is 6.42 Å². The highest BCUT2D eigenvalue weighted by Crippen LogP contribution is 2.22. The molecule has 0 bridgehead atoms. The molecule has 2 rings (SSSR count). The lowest BCUT2D eigenvalue weighted by atomic mass is 9.90. The van der Waals surface area contributed by atoms with E-state index in [1.807, 2.05) is 6.07 Å². The van der Waals surface area contributed by atoms with E-state index in [0.717, 1.165) is 25.1 Å². The first-order chi connectivity index (χ1) is 9.31. The van der Waals surface area contributed by atoms with Crippen molar-refractivity contribution in [3.63, 3.8) is 0 Å². The van der Waals surface area contributed by atoms with Crippen molar-refractivity contribution >= 4 is 0 Å². The van der Waals surface area contributed by atoms with Crippen LogP contribution in [0, 0.1) is 0 Å². The van der Waals surface area contributed by atoms with E-state index >= 15 is 0 Å². The van der Waals surface area contributed by atoms with E-state index in [1.54, 1.807) is 6.26 Å². The lowest BCUT2D eigenvalue weighted by Crippen LogP contribution is -2.36. The van der Waals surface area contributed by atoms with Crippen LogP contribution < -0.4 is 5.32 Å². The van der Waals surface area contributed by atoms with Gasteiger partial charge in [-0.05, 0) is 36.6 Å². The first-order valence-electron chi connectivity index (χ1n) is 7.12. The van der Waals surface area contributed by atoms with Gasteiger partial charge in [-0.3, -0.25) is 0 Å². The highest BCUT2D eigenvalue weighted by atomic mass is 16.3. The standard InChI is InChI=1S/C17H23NO/c1-3-11-18-17(13-16-10-7-12-19-16)14(2)15-8-5-4-6-9-15/h4-10,12,14,17-18H,3,11,13H2,1-2H3. The maximum Gasteiger partial charge on any atom is 0.105 e. The van der Waals surface area contributed by atoms with Crippen molar-refractivity contribution in [3.8, 4) is 0 Å². The van der Waals surface area contributed by atoms with Crippen LogP contribution in [-0.4, -0.2) is 12.6 Å². The van der Waals surface area contributed by atoms with Gasteiger partial charge in [0.15, 0.2) is 0 Å². The second-order valence-electron chi connectivity index (χ2n) is 5.04. The Morgan fingerprint density at radius 1 is 1.11 bits per heavy atom. The van der Waals surface area contributed by atoms with Crippen LogP contribution in [0.25, 0.3) is 0 Å². The molecule has 0 saturated carbocycles. The fourth-order valence-corrected chi connectivity index (χ4v) is 2.39. The molecule has 0 aliphatic carbocycles. The van der Waals surface area contributed by atoms with Crippen LogP contribution >= 0.6 is 0 Å². The maximum absolute atomic E-state index is 5.49. The van der Waals surface area contributed by atoms with Crippen molar-refractivity contribution in [2.24, 2.45) is 0 Å². The minimum atomic E-state index is 0.411. The van der Waals surface area contributed by atoms with Crippen molar-refractivity contribution in [2.45, 2.75) is 38.6 Å². The van der Waals surface area contributed by atoms with Crippen LogP contribution in [0.3, 0.4) is 0 Å². The Labute approximate surface area is 115 Å². The highest BCUT2D eigenvalue weighted by Gasteiger charge is 2.19. The SMILES string of the molecule is CCCNC(Cc1ccco1)C(C)c1ccccc1. The van der Waals surface area contributed by atoms with Crippen LogP contribution in [0.1, 0.15) is 37.5 Å². The zero-order valence-corrected chi connectivity index (χ0v) is 11.8. The molecule has 0 aliphatic rings. The molecule has 1 heterocycles. The largest absolute Gasteiger partial charge is 0.469 e. The summed E-state index contributed by atoms with van der Waals surface area (Å²) in [6, 6.07) is 15.1. The van der Waals surface area contributed by atoms with Gasteiger partial charge >= 0.3 is 0 Å².